The summed E-state index contributed by atoms with van der Waals surface area (Å²) in [7, 11) is 2.02. The number of hydrogen-bond donors (Lipinski definition) is 0. The Labute approximate surface area is 135 Å². The second-order valence-electron chi connectivity index (χ2n) is 6.32. The van der Waals surface area contributed by atoms with Gasteiger partial charge in [0.15, 0.2) is 5.82 Å². The first-order chi connectivity index (χ1) is 11.0. The second kappa shape index (κ2) is 6.16. The molecule has 0 saturated carbocycles. The first-order valence-electron chi connectivity index (χ1n) is 7.94. The molecule has 0 unspecified atom stereocenters. The average molecular weight is 317 g/mol. The number of nitrogens with zero attached hydrogens (tertiary/aromatic N) is 5. The minimum Gasteiger partial charge on any atom is -0.341 e. The average Bonchev–Trinajstić information content (AvgIpc) is 3.16. The maximum Gasteiger partial charge on any atom is 0.270 e. The van der Waals surface area contributed by atoms with E-state index in [1.807, 2.05) is 34.8 Å². The molecule has 0 aliphatic carbocycles. The first kappa shape index (κ1) is 15.7. The topological polar surface area (TPSA) is 67.4 Å². The Kier molecular flexibility index (Phi) is 4.21. The number of amides is 1. The molecule has 1 saturated heterocycles. The van der Waals surface area contributed by atoms with E-state index in [2.05, 4.69) is 28.9 Å². The fourth-order valence-electron chi connectivity index (χ4n) is 2.96. The van der Waals surface area contributed by atoms with Gasteiger partial charge in [-0.15, -0.1) is 0 Å². The molecule has 0 aromatic carbocycles. The molecule has 1 atom stereocenters. The lowest BCUT2D eigenvalue weighted by molar-refractivity contribution is 0.0478. The molecule has 1 fully saturated rings. The van der Waals surface area contributed by atoms with Crippen molar-refractivity contribution in [1.82, 2.24) is 24.5 Å². The number of hydrogen-bond acceptors (Lipinski definition) is 5. The highest BCUT2D eigenvalue weighted by atomic mass is 16.5. The summed E-state index contributed by atoms with van der Waals surface area (Å²) in [6, 6.07) is 4.00. The van der Waals surface area contributed by atoms with Gasteiger partial charge in [0.05, 0.1) is 0 Å². The van der Waals surface area contributed by atoms with E-state index in [1.54, 1.807) is 6.92 Å². The number of aromatic nitrogens is 3. The van der Waals surface area contributed by atoms with E-state index in [0.29, 0.717) is 24.8 Å². The number of aryl methyl sites for hydroxylation is 1. The molecule has 7 heteroatoms. The first-order valence-corrected chi connectivity index (χ1v) is 7.94. The Balaban J connectivity index is 1.80. The molecular weight excluding hydrogens is 294 g/mol. The van der Waals surface area contributed by atoms with Crippen molar-refractivity contribution in [3.63, 3.8) is 0 Å². The standard InChI is InChI=1S/C16H23N5O2/c1-11(2)21-7-5-6-13(21)16(22)20-9-8-19(4)14(10-20)15-17-12(3)18-23-15/h5-7,11,14H,8-10H2,1-4H3/t14-/m0/s1. The molecule has 3 rings (SSSR count). The minimum atomic E-state index is -0.0589. The summed E-state index contributed by atoms with van der Waals surface area (Å²) in [6.45, 7) is 7.98. The zero-order chi connectivity index (χ0) is 16.6. The van der Waals surface area contributed by atoms with Crippen LogP contribution in [0.5, 0.6) is 0 Å². The lowest BCUT2D eigenvalue weighted by Gasteiger charge is -2.37. The minimum absolute atomic E-state index is 0.0537. The molecule has 3 heterocycles. The zero-order valence-electron chi connectivity index (χ0n) is 14.1. The maximum absolute atomic E-state index is 12.9. The lowest BCUT2D eigenvalue weighted by Crippen LogP contribution is -2.49. The molecule has 1 aliphatic rings. The largest absolute Gasteiger partial charge is 0.341 e. The van der Waals surface area contributed by atoms with Crippen LogP contribution in [0.1, 0.15) is 48.1 Å². The molecule has 0 N–H and O–H groups in total. The molecule has 2 aromatic heterocycles. The normalized spacial score (nSPS) is 19.5. The fraction of sp³-hybridized carbons (Fsp3) is 0.562. The van der Waals surface area contributed by atoms with Gasteiger partial charge >= 0.3 is 0 Å². The third-order valence-electron chi connectivity index (χ3n) is 4.32. The van der Waals surface area contributed by atoms with E-state index in [4.69, 9.17) is 4.52 Å². The van der Waals surface area contributed by atoms with Crippen molar-refractivity contribution >= 4 is 5.91 Å². The van der Waals surface area contributed by atoms with Crippen LogP contribution in [0.4, 0.5) is 0 Å². The SMILES string of the molecule is Cc1noc([C@@H]2CN(C(=O)c3cccn3C(C)C)CCN2C)n1. The Bertz CT molecular complexity index is 690. The van der Waals surface area contributed by atoms with E-state index in [0.717, 1.165) is 12.2 Å². The Morgan fingerprint density at radius 1 is 1.39 bits per heavy atom. The van der Waals surface area contributed by atoms with Gasteiger partial charge in [-0.2, -0.15) is 4.98 Å². The Hall–Kier alpha value is -2.15. The highest BCUT2D eigenvalue weighted by Crippen LogP contribution is 2.24. The predicted molar refractivity (Wildman–Crippen MR) is 85.1 cm³/mol. The zero-order valence-corrected chi connectivity index (χ0v) is 14.1. The van der Waals surface area contributed by atoms with Crippen LogP contribution in [-0.4, -0.2) is 57.1 Å². The summed E-state index contributed by atoms with van der Waals surface area (Å²) in [5.41, 5.74) is 0.727. The third-order valence-corrected chi connectivity index (χ3v) is 4.32. The number of likely N-dealkylation sites (N-methyl/N-ethyl adjacent to an activating group) is 1. The summed E-state index contributed by atoms with van der Waals surface area (Å²) in [5, 5.41) is 3.86. The van der Waals surface area contributed by atoms with Crippen LogP contribution in [0.15, 0.2) is 22.9 Å². The number of carbonyl (C=O) groups excluding carboxylic acids is 1. The van der Waals surface area contributed by atoms with Crippen LogP contribution in [0, 0.1) is 6.92 Å². The van der Waals surface area contributed by atoms with E-state index in [-0.39, 0.29) is 18.0 Å². The Morgan fingerprint density at radius 3 is 2.83 bits per heavy atom. The molecule has 0 radical (unpaired) electrons. The highest BCUT2D eigenvalue weighted by Gasteiger charge is 2.33. The van der Waals surface area contributed by atoms with E-state index >= 15 is 0 Å². The van der Waals surface area contributed by atoms with E-state index in [9.17, 15) is 4.79 Å². The van der Waals surface area contributed by atoms with Crippen molar-refractivity contribution in [2.75, 3.05) is 26.7 Å². The van der Waals surface area contributed by atoms with Crippen LogP contribution in [-0.2, 0) is 0 Å². The molecule has 0 spiro atoms. The van der Waals surface area contributed by atoms with Crippen molar-refractivity contribution in [2.45, 2.75) is 32.9 Å². The van der Waals surface area contributed by atoms with E-state index < -0.39 is 0 Å². The fourth-order valence-corrected chi connectivity index (χ4v) is 2.96. The van der Waals surface area contributed by atoms with Crippen LogP contribution in [0.2, 0.25) is 0 Å². The molecule has 124 valence electrons. The van der Waals surface area contributed by atoms with Crippen molar-refractivity contribution in [3.05, 3.63) is 35.7 Å². The molecule has 1 aliphatic heterocycles. The van der Waals surface area contributed by atoms with Gasteiger partial charge in [-0.3, -0.25) is 9.69 Å². The van der Waals surface area contributed by atoms with Crippen LogP contribution in [0.25, 0.3) is 0 Å². The van der Waals surface area contributed by atoms with Crippen molar-refractivity contribution < 1.29 is 9.32 Å². The summed E-state index contributed by atoms with van der Waals surface area (Å²) in [5.74, 6) is 1.24. The molecule has 7 nitrogen and oxygen atoms in total. The van der Waals surface area contributed by atoms with Crippen LogP contribution < -0.4 is 0 Å². The van der Waals surface area contributed by atoms with Gasteiger partial charge in [0.1, 0.15) is 11.7 Å². The van der Waals surface area contributed by atoms with Gasteiger partial charge in [-0.1, -0.05) is 5.16 Å². The summed E-state index contributed by atoms with van der Waals surface area (Å²) in [6.07, 6.45) is 1.95. The van der Waals surface area contributed by atoms with E-state index in [1.165, 1.54) is 0 Å². The van der Waals surface area contributed by atoms with Gasteiger partial charge in [0.2, 0.25) is 5.89 Å². The summed E-state index contributed by atoms with van der Waals surface area (Å²) in [4.78, 5) is 21.2. The van der Waals surface area contributed by atoms with Gasteiger partial charge in [-0.25, -0.2) is 0 Å². The lowest BCUT2D eigenvalue weighted by atomic mass is 10.1. The molecule has 2 aromatic rings. The molecular formula is C16H23N5O2. The number of rotatable bonds is 3. The Morgan fingerprint density at radius 2 is 2.17 bits per heavy atom. The van der Waals surface area contributed by atoms with Crippen molar-refractivity contribution in [2.24, 2.45) is 0 Å². The smallest absolute Gasteiger partial charge is 0.270 e. The second-order valence-corrected chi connectivity index (χ2v) is 6.32. The molecule has 1 amide bonds. The molecule has 23 heavy (non-hydrogen) atoms. The van der Waals surface area contributed by atoms with Gasteiger partial charge in [0.25, 0.3) is 5.91 Å². The van der Waals surface area contributed by atoms with Crippen LogP contribution >= 0.6 is 0 Å². The van der Waals surface area contributed by atoms with Crippen molar-refractivity contribution in [3.8, 4) is 0 Å². The predicted octanol–water partition coefficient (Wildman–Crippen LogP) is 1.89. The third kappa shape index (κ3) is 3.01. The monoisotopic (exact) mass is 317 g/mol. The van der Waals surface area contributed by atoms with Gasteiger partial charge in [-0.05, 0) is 40.0 Å². The summed E-state index contributed by atoms with van der Waals surface area (Å²) >= 11 is 0. The number of carbonyl (C=O) groups is 1. The van der Waals surface area contributed by atoms with Gasteiger partial charge < -0.3 is 14.0 Å². The number of piperazine rings is 1. The van der Waals surface area contributed by atoms with Crippen LogP contribution in [0.3, 0.4) is 0 Å². The maximum atomic E-state index is 12.9. The van der Waals surface area contributed by atoms with Crippen molar-refractivity contribution in [1.29, 1.82) is 0 Å². The van der Waals surface area contributed by atoms with Gasteiger partial charge in [0, 0.05) is 31.9 Å². The summed E-state index contributed by atoms with van der Waals surface area (Å²) < 4.78 is 7.32. The molecule has 0 bridgehead atoms. The quantitative estimate of drug-likeness (QED) is 0.865. The highest BCUT2D eigenvalue weighted by molar-refractivity contribution is 5.93.